The summed E-state index contributed by atoms with van der Waals surface area (Å²) in [6.45, 7) is 2.84. The van der Waals surface area contributed by atoms with Gasteiger partial charge in [0.15, 0.2) is 0 Å². The van der Waals surface area contributed by atoms with E-state index >= 15 is 0 Å². The molecule has 2 aromatic carbocycles. The molecule has 0 aliphatic heterocycles. The Morgan fingerprint density at radius 1 is 1.04 bits per heavy atom. The summed E-state index contributed by atoms with van der Waals surface area (Å²) in [5.74, 6) is 2.01. The van der Waals surface area contributed by atoms with Gasteiger partial charge in [0.1, 0.15) is 17.3 Å². The highest BCUT2D eigenvalue weighted by atomic mass is 35.5. The first kappa shape index (κ1) is 17.1. The summed E-state index contributed by atoms with van der Waals surface area (Å²) < 4.78 is 11.1. The van der Waals surface area contributed by atoms with Crippen LogP contribution in [0.3, 0.4) is 0 Å². The van der Waals surface area contributed by atoms with Crippen LogP contribution >= 0.6 is 11.6 Å². The van der Waals surface area contributed by atoms with Crippen LogP contribution in [0.25, 0.3) is 11.3 Å². The molecular formula is C20H18ClNO3. The molecule has 0 atom stereocenters. The quantitative estimate of drug-likeness (QED) is 0.682. The van der Waals surface area contributed by atoms with E-state index in [4.69, 9.17) is 20.8 Å². The maximum Gasteiger partial charge on any atom is 0.251 e. The molecule has 1 N–H and O–H groups in total. The largest absolute Gasteiger partial charge is 0.494 e. The Bertz CT molecular complexity index is 838. The van der Waals surface area contributed by atoms with Crippen molar-refractivity contribution in [2.24, 2.45) is 0 Å². The molecule has 0 fully saturated rings. The second-order valence-corrected chi connectivity index (χ2v) is 5.85. The average Bonchev–Trinajstić information content (AvgIpc) is 3.10. The number of rotatable bonds is 6. The molecule has 1 amide bonds. The van der Waals surface area contributed by atoms with Crippen molar-refractivity contribution in [2.75, 3.05) is 6.61 Å². The molecule has 0 aliphatic rings. The summed E-state index contributed by atoms with van der Waals surface area (Å²) in [7, 11) is 0. The first-order chi connectivity index (χ1) is 12.2. The van der Waals surface area contributed by atoms with E-state index in [0.29, 0.717) is 29.5 Å². The molecule has 3 aromatic rings. The Kier molecular flexibility index (Phi) is 5.41. The first-order valence-corrected chi connectivity index (χ1v) is 8.39. The molecule has 25 heavy (non-hydrogen) atoms. The van der Waals surface area contributed by atoms with E-state index in [0.717, 1.165) is 17.1 Å². The lowest BCUT2D eigenvalue weighted by atomic mass is 10.2. The summed E-state index contributed by atoms with van der Waals surface area (Å²) in [5.41, 5.74) is 1.52. The topological polar surface area (TPSA) is 51.5 Å². The van der Waals surface area contributed by atoms with E-state index in [-0.39, 0.29) is 5.91 Å². The maximum atomic E-state index is 12.2. The lowest BCUT2D eigenvalue weighted by Gasteiger charge is -2.06. The van der Waals surface area contributed by atoms with Crippen LogP contribution in [-0.2, 0) is 6.54 Å². The van der Waals surface area contributed by atoms with E-state index in [1.165, 1.54) is 0 Å². The Hall–Kier alpha value is -2.72. The fourth-order valence-corrected chi connectivity index (χ4v) is 2.51. The number of hydrogen-bond acceptors (Lipinski definition) is 3. The first-order valence-electron chi connectivity index (χ1n) is 8.01. The van der Waals surface area contributed by atoms with Crippen LogP contribution in [0.2, 0.25) is 5.02 Å². The van der Waals surface area contributed by atoms with Gasteiger partial charge in [-0.15, -0.1) is 0 Å². The van der Waals surface area contributed by atoms with Gasteiger partial charge in [0.05, 0.1) is 13.2 Å². The second kappa shape index (κ2) is 7.90. The maximum absolute atomic E-state index is 12.2. The van der Waals surface area contributed by atoms with E-state index in [1.54, 1.807) is 24.3 Å². The molecule has 0 saturated carbocycles. The van der Waals surface area contributed by atoms with Crippen LogP contribution in [-0.4, -0.2) is 12.5 Å². The minimum Gasteiger partial charge on any atom is -0.494 e. The number of nitrogens with one attached hydrogen (secondary N) is 1. The van der Waals surface area contributed by atoms with Crippen molar-refractivity contribution < 1.29 is 13.9 Å². The SMILES string of the molecule is CCOc1ccc(C(=O)NCc2ccc(-c3ccc(Cl)cc3)o2)cc1. The molecule has 1 aromatic heterocycles. The number of benzene rings is 2. The number of amides is 1. The van der Waals surface area contributed by atoms with Gasteiger partial charge in [0.2, 0.25) is 0 Å². The van der Waals surface area contributed by atoms with Gasteiger partial charge in [-0.2, -0.15) is 0 Å². The van der Waals surface area contributed by atoms with Crippen molar-refractivity contribution in [1.29, 1.82) is 0 Å². The third-order valence-corrected chi connectivity index (χ3v) is 3.89. The van der Waals surface area contributed by atoms with Crippen LogP contribution in [0.5, 0.6) is 5.75 Å². The Balaban J connectivity index is 1.60. The molecule has 0 radical (unpaired) electrons. The van der Waals surface area contributed by atoms with Gasteiger partial charge in [-0.05, 0) is 67.6 Å². The predicted molar refractivity (Wildman–Crippen MR) is 97.9 cm³/mol. The molecule has 128 valence electrons. The van der Waals surface area contributed by atoms with Crippen LogP contribution in [0.15, 0.2) is 65.1 Å². The zero-order chi connectivity index (χ0) is 17.6. The highest BCUT2D eigenvalue weighted by Gasteiger charge is 2.08. The molecule has 3 rings (SSSR count). The summed E-state index contributed by atoms with van der Waals surface area (Å²) in [6, 6.07) is 18.2. The Morgan fingerprint density at radius 3 is 2.44 bits per heavy atom. The van der Waals surface area contributed by atoms with Gasteiger partial charge in [0, 0.05) is 16.1 Å². The van der Waals surface area contributed by atoms with Crippen LogP contribution in [0.1, 0.15) is 23.0 Å². The number of hydrogen-bond donors (Lipinski definition) is 1. The molecule has 0 unspecified atom stereocenters. The second-order valence-electron chi connectivity index (χ2n) is 5.41. The molecule has 1 heterocycles. The summed E-state index contributed by atoms with van der Waals surface area (Å²) >= 11 is 5.89. The minimum atomic E-state index is -0.160. The minimum absolute atomic E-state index is 0.160. The third kappa shape index (κ3) is 4.43. The van der Waals surface area contributed by atoms with Crippen molar-refractivity contribution >= 4 is 17.5 Å². The van der Waals surface area contributed by atoms with Crippen molar-refractivity contribution in [3.05, 3.63) is 77.0 Å². The van der Waals surface area contributed by atoms with Crippen LogP contribution in [0, 0.1) is 0 Å². The molecule has 0 aliphatic carbocycles. The van der Waals surface area contributed by atoms with E-state index in [1.807, 2.05) is 43.3 Å². The molecule has 4 nitrogen and oxygen atoms in total. The molecule has 5 heteroatoms. The Morgan fingerprint density at radius 2 is 1.76 bits per heavy atom. The third-order valence-electron chi connectivity index (χ3n) is 3.64. The number of carbonyl (C=O) groups excluding carboxylic acids is 1. The van der Waals surface area contributed by atoms with Crippen molar-refractivity contribution in [2.45, 2.75) is 13.5 Å². The van der Waals surface area contributed by atoms with Crippen LogP contribution < -0.4 is 10.1 Å². The van der Waals surface area contributed by atoms with E-state index < -0.39 is 0 Å². The number of ether oxygens (including phenoxy) is 1. The lowest BCUT2D eigenvalue weighted by Crippen LogP contribution is -2.22. The van der Waals surface area contributed by atoms with Gasteiger partial charge in [-0.25, -0.2) is 0 Å². The average molecular weight is 356 g/mol. The Labute approximate surface area is 151 Å². The molecule has 0 spiro atoms. The standard InChI is InChI=1S/C20H18ClNO3/c1-2-24-17-9-5-15(6-10-17)20(23)22-13-18-11-12-19(25-18)14-3-7-16(21)8-4-14/h3-12H,2,13H2,1H3,(H,22,23). The van der Waals surface area contributed by atoms with Gasteiger partial charge < -0.3 is 14.5 Å². The highest BCUT2D eigenvalue weighted by Crippen LogP contribution is 2.23. The van der Waals surface area contributed by atoms with Crippen molar-refractivity contribution in [3.8, 4) is 17.1 Å². The zero-order valence-corrected chi connectivity index (χ0v) is 14.5. The van der Waals surface area contributed by atoms with Gasteiger partial charge in [-0.1, -0.05) is 11.6 Å². The van der Waals surface area contributed by atoms with Gasteiger partial charge >= 0.3 is 0 Å². The molecule has 0 bridgehead atoms. The van der Waals surface area contributed by atoms with E-state index in [2.05, 4.69) is 5.32 Å². The number of carbonyl (C=O) groups is 1. The fraction of sp³-hybridized carbons (Fsp3) is 0.150. The van der Waals surface area contributed by atoms with E-state index in [9.17, 15) is 4.79 Å². The van der Waals surface area contributed by atoms with Crippen molar-refractivity contribution in [1.82, 2.24) is 5.32 Å². The smallest absolute Gasteiger partial charge is 0.251 e. The monoisotopic (exact) mass is 355 g/mol. The lowest BCUT2D eigenvalue weighted by molar-refractivity contribution is 0.0948. The summed E-state index contributed by atoms with van der Waals surface area (Å²) in [5, 5.41) is 3.52. The normalized spacial score (nSPS) is 10.5. The number of furan rings is 1. The van der Waals surface area contributed by atoms with Crippen LogP contribution in [0.4, 0.5) is 0 Å². The zero-order valence-electron chi connectivity index (χ0n) is 13.8. The van der Waals surface area contributed by atoms with Gasteiger partial charge in [-0.3, -0.25) is 4.79 Å². The fourth-order valence-electron chi connectivity index (χ4n) is 2.38. The molecular weight excluding hydrogens is 338 g/mol. The molecule has 0 saturated heterocycles. The van der Waals surface area contributed by atoms with Gasteiger partial charge in [0.25, 0.3) is 5.91 Å². The predicted octanol–water partition coefficient (Wildman–Crippen LogP) is 4.93. The van der Waals surface area contributed by atoms with Crippen molar-refractivity contribution in [3.63, 3.8) is 0 Å². The highest BCUT2D eigenvalue weighted by molar-refractivity contribution is 6.30. The number of halogens is 1. The summed E-state index contributed by atoms with van der Waals surface area (Å²) in [4.78, 5) is 12.2. The summed E-state index contributed by atoms with van der Waals surface area (Å²) in [6.07, 6.45) is 0.